The second-order valence-corrected chi connectivity index (χ2v) is 11.0. The molecule has 0 aromatic rings. The van der Waals surface area contributed by atoms with Crippen LogP contribution >= 0.6 is 11.8 Å². The van der Waals surface area contributed by atoms with Crippen molar-refractivity contribution in [1.29, 1.82) is 0 Å². The van der Waals surface area contributed by atoms with E-state index in [-0.39, 0.29) is 5.92 Å². The molecular weight excluding hydrogens is 338 g/mol. The smallest absolute Gasteiger partial charge is 0.169 e. The van der Waals surface area contributed by atoms with Crippen LogP contribution in [0, 0.1) is 17.8 Å². The zero-order chi connectivity index (χ0) is 17.7. The highest BCUT2D eigenvalue weighted by atomic mass is 32.2. The van der Waals surface area contributed by atoms with Gasteiger partial charge in [-0.1, -0.05) is 32.6 Å². The first-order valence-corrected chi connectivity index (χ1v) is 12.2. The van der Waals surface area contributed by atoms with E-state index >= 15 is 0 Å². The fraction of sp³-hybridized carbons (Fsp3) is 0.826. The molecule has 5 aliphatic rings. The van der Waals surface area contributed by atoms with Crippen LogP contribution < -0.4 is 0 Å². The van der Waals surface area contributed by atoms with Crippen molar-refractivity contribution in [3.63, 3.8) is 0 Å². The van der Waals surface area contributed by atoms with E-state index in [4.69, 9.17) is 4.99 Å². The van der Waals surface area contributed by atoms with E-state index in [0.717, 1.165) is 24.7 Å². The van der Waals surface area contributed by atoms with Gasteiger partial charge in [0.15, 0.2) is 5.78 Å². The van der Waals surface area contributed by atoms with Crippen molar-refractivity contribution in [2.75, 3.05) is 0 Å². The summed E-state index contributed by atoms with van der Waals surface area (Å²) in [5.74, 6) is 2.17. The topological polar surface area (TPSA) is 29.4 Å². The maximum Gasteiger partial charge on any atom is 0.169 e. The Bertz CT molecular complexity index is 651. The largest absolute Gasteiger partial charge is 0.294 e. The molecule has 0 aromatic heterocycles. The number of hydrogen-bond acceptors (Lipinski definition) is 3. The monoisotopic (exact) mass is 371 g/mol. The molecule has 4 aliphatic carbocycles. The summed E-state index contributed by atoms with van der Waals surface area (Å²) in [5, 5.41) is 1.17. The fourth-order valence-electron chi connectivity index (χ4n) is 6.43. The van der Waals surface area contributed by atoms with Crippen molar-refractivity contribution in [2.45, 2.75) is 101 Å². The lowest BCUT2D eigenvalue weighted by atomic mass is 9.76. The predicted octanol–water partition coefficient (Wildman–Crippen LogP) is 5.75. The Morgan fingerprint density at radius 2 is 1.73 bits per heavy atom. The number of nitrogens with zero attached hydrogens (tertiary/aromatic N) is 1. The molecule has 142 valence electrons. The minimum Gasteiger partial charge on any atom is -0.294 e. The number of fused-ring (bicyclic) bond motifs is 3. The third kappa shape index (κ3) is 2.93. The maximum absolute atomic E-state index is 13.5. The van der Waals surface area contributed by atoms with Crippen molar-refractivity contribution in [2.24, 2.45) is 22.7 Å². The summed E-state index contributed by atoms with van der Waals surface area (Å²) >= 11 is 2.21. The van der Waals surface area contributed by atoms with Gasteiger partial charge in [0.05, 0.1) is 17.7 Å². The standard InChI is InChI=1S/C23H33NOS/c1-14-7-6-8-15(13-14)23-20-21(16-9-2-3-10-17(16)22(20)25)24-18-11-4-5-12-19(18)26-23/h14-15,18-20,23H,2-13H2,1H3. The molecule has 5 rings (SSSR count). The van der Waals surface area contributed by atoms with Crippen LogP contribution in [0.4, 0.5) is 0 Å². The summed E-state index contributed by atoms with van der Waals surface area (Å²) in [7, 11) is 0. The molecule has 2 saturated carbocycles. The first-order valence-electron chi connectivity index (χ1n) is 11.2. The number of hydrogen-bond donors (Lipinski definition) is 0. The van der Waals surface area contributed by atoms with E-state index in [2.05, 4.69) is 18.7 Å². The molecule has 0 amide bonds. The van der Waals surface area contributed by atoms with Crippen molar-refractivity contribution >= 4 is 23.3 Å². The van der Waals surface area contributed by atoms with Gasteiger partial charge in [-0.25, -0.2) is 0 Å². The Kier molecular flexibility index (Phi) is 4.79. The minimum absolute atomic E-state index is 0.115. The van der Waals surface area contributed by atoms with Crippen molar-refractivity contribution in [3.8, 4) is 0 Å². The number of ketones is 1. The molecule has 26 heavy (non-hydrogen) atoms. The Labute approximate surface area is 162 Å². The lowest BCUT2D eigenvalue weighted by Crippen LogP contribution is -2.37. The SMILES string of the molecule is CC1CCCC(C2SC3CCCCC3N=C3C4=C(CCCC4)C(=O)C32)C1. The third-order valence-corrected chi connectivity index (χ3v) is 9.60. The molecule has 2 nitrogen and oxygen atoms in total. The summed E-state index contributed by atoms with van der Waals surface area (Å²) < 4.78 is 0. The molecule has 2 fully saturated rings. The molecule has 0 saturated heterocycles. The number of aliphatic imine (C=N–C) groups is 1. The second kappa shape index (κ2) is 7.11. The van der Waals surface area contributed by atoms with E-state index in [1.54, 1.807) is 0 Å². The van der Waals surface area contributed by atoms with Gasteiger partial charge in [-0.15, -0.1) is 0 Å². The van der Waals surface area contributed by atoms with Crippen molar-refractivity contribution in [3.05, 3.63) is 11.1 Å². The van der Waals surface area contributed by atoms with Gasteiger partial charge in [0, 0.05) is 16.1 Å². The lowest BCUT2D eigenvalue weighted by Gasteiger charge is -2.37. The number of rotatable bonds is 1. The van der Waals surface area contributed by atoms with Gasteiger partial charge >= 0.3 is 0 Å². The average Bonchev–Trinajstić information content (AvgIpc) is 2.83. The van der Waals surface area contributed by atoms with E-state index in [1.165, 1.54) is 81.1 Å². The van der Waals surface area contributed by atoms with Crippen molar-refractivity contribution in [1.82, 2.24) is 0 Å². The van der Waals surface area contributed by atoms with Gasteiger partial charge in [0.1, 0.15) is 0 Å². The quantitative estimate of drug-likeness (QED) is 0.587. The maximum atomic E-state index is 13.5. The Morgan fingerprint density at radius 1 is 0.923 bits per heavy atom. The molecule has 6 unspecified atom stereocenters. The molecule has 0 aromatic carbocycles. The molecule has 0 N–H and O–H groups in total. The highest BCUT2D eigenvalue weighted by Gasteiger charge is 2.50. The average molecular weight is 372 g/mol. The Hall–Kier alpha value is -0.570. The molecule has 1 heterocycles. The fourth-order valence-corrected chi connectivity index (χ4v) is 8.39. The molecule has 3 heteroatoms. The minimum atomic E-state index is 0.115. The molecule has 1 aliphatic heterocycles. The van der Waals surface area contributed by atoms with Crippen LogP contribution in [0.1, 0.15) is 84.0 Å². The highest BCUT2D eigenvalue weighted by Crippen LogP contribution is 2.50. The van der Waals surface area contributed by atoms with Crippen LogP contribution in [0.2, 0.25) is 0 Å². The van der Waals surface area contributed by atoms with Crippen LogP contribution in [0.15, 0.2) is 16.1 Å². The van der Waals surface area contributed by atoms with Gasteiger partial charge in [-0.2, -0.15) is 11.8 Å². The number of Topliss-reactive ketones (excluding diaryl/α,β-unsaturated/α-hetero) is 1. The molecular formula is C23H33NOS. The Morgan fingerprint density at radius 3 is 2.58 bits per heavy atom. The van der Waals surface area contributed by atoms with E-state index in [9.17, 15) is 4.79 Å². The Balaban J connectivity index is 1.54. The van der Waals surface area contributed by atoms with Gasteiger partial charge in [0.25, 0.3) is 0 Å². The first kappa shape index (κ1) is 17.5. The lowest BCUT2D eigenvalue weighted by molar-refractivity contribution is -0.117. The zero-order valence-corrected chi connectivity index (χ0v) is 17.0. The summed E-state index contributed by atoms with van der Waals surface area (Å²) in [5.41, 5.74) is 3.89. The molecule has 6 atom stereocenters. The van der Waals surface area contributed by atoms with E-state index < -0.39 is 0 Å². The number of carbonyl (C=O) groups excluding carboxylic acids is 1. The van der Waals surface area contributed by atoms with Crippen LogP contribution in [-0.4, -0.2) is 28.0 Å². The second-order valence-electron chi connectivity index (χ2n) is 9.54. The van der Waals surface area contributed by atoms with Crippen molar-refractivity contribution < 1.29 is 4.79 Å². The van der Waals surface area contributed by atoms with Crippen LogP contribution in [0.5, 0.6) is 0 Å². The number of allylic oxidation sites excluding steroid dienone is 2. The van der Waals surface area contributed by atoms with Gasteiger partial charge in [0.2, 0.25) is 0 Å². The summed E-state index contributed by atoms with van der Waals surface area (Å²) in [4.78, 5) is 18.9. The zero-order valence-electron chi connectivity index (χ0n) is 16.2. The van der Waals surface area contributed by atoms with E-state index in [1.807, 2.05) is 0 Å². The number of carbonyl (C=O) groups is 1. The van der Waals surface area contributed by atoms with Crippen LogP contribution in [0.3, 0.4) is 0 Å². The number of thioether (sulfide) groups is 1. The first-order chi connectivity index (χ1) is 12.7. The summed E-state index contributed by atoms with van der Waals surface area (Å²) in [6.07, 6.45) is 15.3. The third-order valence-electron chi connectivity index (χ3n) is 7.73. The van der Waals surface area contributed by atoms with Gasteiger partial charge < -0.3 is 0 Å². The van der Waals surface area contributed by atoms with Gasteiger partial charge in [-0.05, 0) is 68.8 Å². The van der Waals surface area contributed by atoms with Gasteiger partial charge in [-0.3, -0.25) is 9.79 Å². The normalized spacial score (nSPS) is 43.3. The van der Waals surface area contributed by atoms with Crippen LogP contribution in [-0.2, 0) is 4.79 Å². The molecule has 0 radical (unpaired) electrons. The van der Waals surface area contributed by atoms with Crippen LogP contribution in [0.25, 0.3) is 0 Å². The predicted molar refractivity (Wildman–Crippen MR) is 110 cm³/mol. The highest BCUT2D eigenvalue weighted by molar-refractivity contribution is 8.00. The molecule has 0 spiro atoms. The summed E-state index contributed by atoms with van der Waals surface area (Å²) in [6.45, 7) is 2.42. The van der Waals surface area contributed by atoms with E-state index in [0.29, 0.717) is 22.3 Å². The molecule has 0 bridgehead atoms. The summed E-state index contributed by atoms with van der Waals surface area (Å²) in [6, 6.07) is 0.485.